The Morgan fingerprint density at radius 1 is 1.14 bits per heavy atom. The monoisotopic (exact) mass is 389 g/mol. The van der Waals surface area contributed by atoms with Gasteiger partial charge < -0.3 is 15.1 Å². The van der Waals surface area contributed by atoms with E-state index in [2.05, 4.69) is 15.5 Å². The summed E-state index contributed by atoms with van der Waals surface area (Å²) in [6.07, 6.45) is 7.86. The molecular formula is C20H25F2N5O. The number of benzene rings is 1. The van der Waals surface area contributed by atoms with Crippen LogP contribution >= 0.6 is 0 Å². The van der Waals surface area contributed by atoms with Gasteiger partial charge in [0.25, 0.3) is 0 Å². The molecule has 0 spiro atoms. The van der Waals surface area contributed by atoms with Crippen molar-refractivity contribution in [3.63, 3.8) is 0 Å². The van der Waals surface area contributed by atoms with Crippen molar-refractivity contribution in [1.82, 2.24) is 20.4 Å². The van der Waals surface area contributed by atoms with Gasteiger partial charge in [-0.3, -0.25) is 5.10 Å². The summed E-state index contributed by atoms with van der Waals surface area (Å²) in [6.45, 7) is 2.65. The molecule has 1 aliphatic carbocycles. The van der Waals surface area contributed by atoms with Crippen LogP contribution in [0.25, 0.3) is 11.1 Å². The topological polar surface area (TPSA) is 64.3 Å². The number of carbonyl (C=O) groups is 1. The van der Waals surface area contributed by atoms with Crippen molar-refractivity contribution in [3.8, 4) is 11.1 Å². The number of aromatic nitrogens is 2. The van der Waals surface area contributed by atoms with Crippen LogP contribution in [-0.4, -0.2) is 53.9 Å². The summed E-state index contributed by atoms with van der Waals surface area (Å²) in [7, 11) is 0. The van der Waals surface area contributed by atoms with Gasteiger partial charge in [0, 0.05) is 50.0 Å². The van der Waals surface area contributed by atoms with E-state index in [1.54, 1.807) is 21.9 Å². The highest BCUT2D eigenvalue weighted by Gasteiger charge is 2.25. The fourth-order valence-corrected chi connectivity index (χ4v) is 4.11. The summed E-state index contributed by atoms with van der Waals surface area (Å²) in [6, 6.07) is 3.10. The minimum atomic E-state index is -0.879. The van der Waals surface area contributed by atoms with Crippen LogP contribution in [0.3, 0.4) is 0 Å². The highest BCUT2D eigenvalue weighted by Crippen LogP contribution is 2.30. The maximum Gasteiger partial charge on any atom is 0.317 e. The Morgan fingerprint density at radius 2 is 1.89 bits per heavy atom. The van der Waals surface area contributed by atoms with Crippen molar-refractivity contribution >= 4 is 11.7 Å². The molecule has 2 N–H and O–H groups in total. The smallest absolute Gasteiger partial charge is 0.317 e. The van der Waals surface area contributed by atoms with Crippen molar-refractivity contribution in [3.05, 3.63) is 36.2 Å². The van der Waals surface area contributed by atoms with Crippen LogP contribution in [0.1, 0.15) is 25.7 Å². The second-order valence-corrected chi connectivity index (χ2v) is 7.56. The molecular weight excluding hydrogens is 364 g/mol. The van der Waals surface area contributed by atoms with Crippen molar-refractivity contribution in [1.29, 1.82) is 0 Å². The van der Waals surface area contributed by atoms with Crippen LogP contribution in [-0.2, 0) is 0 Å². The fourth-order valence-electron chi connectivity index (χ4n) is 4.11. The largest absolute Gasteiger partial charge is 0.366 e. The number of piperazine rings is 1. The number of nitrogens with one attached hydrogen (secondary N) is 2. The average molecular weight is 389 g/mol. The van der Waals surface area contributed by atoms with Crippen LogP contribution in [0.5, 0.6) is 0 Å². The highest BCUT2D eigenvalue weighted by atomic mass is 19.2. The quantitative estimate of drug-likeness (QED) is 0.843. The molecule has 4 rings (SSSR count). The number of aromatic amines is 1. The zero-order valence-corrected chi connectivity index (χ0v) is 15.8. The third-order valence-electron chi connectivity index (χ3n) is 5.80. The van der Waals surface area contributed by atoms with Gasteiger partial charge in [-0.15, -0.1) is 0 Å². The molecule has 2 aliphatic rings. The first-order chi connectivity index (χ1) is 13.6. The Bertz CT molecular complexity index is 812. The number of carbonyl (C=O) groups excluding carboxylic acids is 1. The molecule has 1 saturated heterocycles. The average Bonchev–Trinajstić information content (AvgIpc) is 3.42. The van der Waals surface area contributed by atoms with Crippen molar-refractivity contribution in [2.45, 2.75) is 25.7 Å². The molecule has 0 unspecified atom stereocenters. The Kier molecular flexibility index (Phi) is 5.45. The number of hydrogen-bond donors (Lipinski definition) is 2. The number of anilines is 1. The number of nitrogens with zero attached hydrogens (tertiary/aromatic N) is 3. The molecule has 1 aliphatic heterocycles. The third kappa shape index (κ3) is 3.81. The zero-order chi connectivity index (χ0) is 19.5. The van der Waals surface area contributed by atoms with Crippen molar-refractivity contribution < 1.29 is 13.6 Å². The molecule has 0 atom stereocenters. The summed E-state index contributed by atoms with van der Waals surface area (Å²) >= 11 is 0. The van der Waals surface area contributed by atoms with Gasteiger partial charge in [0.05, 0.1) is 11.9 Å². The second kappa shape index (κ2) is 8.16. The summed E-state index contributed by atoms with van der Waals surface area (Å²) in [5, 5.41) is 9.40. The molecule has 2 amide bonds. The van der Waals surface area contributed by atoms with Crippen LogP contribution in [0, 0.1) is 17.6 Å². The molecule has 0 bridgehead atoms. The van der Waals surface area contributed by atoms with Crippen LogP contribution in [0.15, 0.2) is 24.5 Å². The number of urea groups is 1. The molecule has 150 valence electrons. The lowest BCUT2D eigenvalue weighted by Crippen LogP contribution is -2.52. The SMILES string of the molecule is O=C(NCC1CCCC1)N1CCN(c2ccc(-c3cn[nH]c3)c(F)c2F)CC1. The molecule has 28 heavy (non-hydrogen) atoms. The number of amides is 2. The number of halogens is 2. The van der Waals surface area contributed by atoms with Gasteiger partial charge >= 0.3 is 6.03 Å². The lowest BCUT2D eigenvalue weighted by atomic mass is 10.1. The lowest BCUT2D eigenvalue weighted by molar-refractivity contribution is 0.192. The van der Waals surface area contributed by atoms with E-state index in [-0.39, 0.29) is 17.3 Å². The van der Waals surface area contributed by atoms with Crippen LogP contribution in [0.2, 0.25) is 0 Å². The van der Waals surface area contributed by atoms with Gasteiger partial charge in [-0.05, 0) is 30.9 Å². The standard InChI is InChI=1S/C20H25F2N5O/c21-18-16(15-12-24-25-13-15)5-6-17(19(18)22)26-7-9-27(10-8-26)20(28)23-11-14-3-1-2-4-14/h5-6,12-14H,1-4,7-11H2,(H,23,28)(H,24,25). The molecule has 8 heteroatoms. The van der Waals surface area contributed by atoms with E-state index >= 15 is 0 Å². The zero-order valence-electron chi connectivity index (χ0n) is 15.8. The molecule has 2 aromatic rings. The maximum atomic E-state index is 14.6. The Balaban J connectivity index is 1.35. The molecule has 1 saturated carbocycles. The molecule has 0 radical (unpaired) electrons. The minimum absolute atomic E-state index is 0.0616. The molecule has 6 nitrogen and oxygen atoms in total. The summed E-state index contributed by atoms with van der Waals surface area (Å²) in [5.41, 5.74) is 0.919. The Morgan fingerprint density at radius 3 is 2.57 bits per heavy atom. The summed E-state index contributed by atoms with van der Waals surface area (Å²) in [5.74, 6) is -1.15. The van der Waals surface area contributed by atoms with E-state index in [0.717, 1.165) is 6.54 Å². The summed E-state index contributed by atoms with van der Waals surface area (Å²) in [4.78, 5) is 15.9. The highest BCUT2D eigenvalue weighted by molar-refractivity contribution is 5.74. The second-order valence-electron chi connectivity index (χ2n) is 7.56. The minimum Gasteiger partial charge on any atom is -0.366 e. The van der Waals surface area contributed by atoms with Gasteiger partial charge in [-0.1, -0.05) is 12.8 Å². The van der Waals surface area contributed by atoms with Gasteiger partial charge in [-0.25, -0.2) is 13.6 Å². The number of hydrogen-bond acceptors (Lipinski definition) is 3. The Labute approximate surface area is 162 Å². The third-order valence-corrected chi connectivity index (χ3v) is 5.80. The van der Waals surface area contributed by atoms with Gasteiger partial charge in [-0.2, -0.15) is 5.10 Å². The predicted molar refractivity (Wildman–Crippen MR) is 103 cm³/mol. The number of rotatable bonds is 4. The first kappa shape index (κ1) is 18.7. The fraction of sp³-hybridized carbons (Fsp3) is 0.500. The van der Waals surface area contributed by atoms with Crippen LogP contribution in [0.4, 0.5) is 19.3 Å². The van der Waals surface area contributed by atoms with Gasteiger partial charge in [0.2, 0.25) is 0 Å². The Hall–Kier alpha value is -2.64. The summed E-state index contributed by atoms with van der Waals surface area (Å²) < 4.78 is 29.2. The van der Waals surface area contributed by atoms with E-state index in [1.165, 1.54) is 38.1 Å². The van der Waals surface area contributed by atoms with E-state index in [4.69, 9.17) is 0 Å². The lowest BCUT2D eigenvalue weighted by Gasteiger charge is -2.36. The first-order valence-corrected chi connectivity index (χ1v) is 9.88. The maximum absolute atomic E-state index is 14.6. The van der Waals surface area contributed by atoms with Gasteiger partial charge in [0.15, 0.2) is 11.6 Å². The van der Waals surface area contributed by atoms with Crippen molar-refractivity contribution in [2.75, 3.05) is 37.6 Å². The van der Waals surface area contributed by atoms with Crippen molar-refractivity contribution in [2.24, 2.45) is 5.92 Å². The predicted octanol–water partition coefficient (Wildman–Crippen LogP) is 3.38. The van der Waals surface area contributed by atoms with E-state index < -0.39 is 11.6 Å². The van der Waals surface area contributed by atoms with E-state index in [0.29, 0.717) is 37.7 Å². The first-order valence-electron chi connectivity index (χ1n) is 9.88. The number of H-pyrrole nitrogens is 1. The molecule has 1 aromatic heterocycles. The molecule has 1 aromatic carbocycles. The molecule has 2 fully saturated rings. The van der Waals surface area contributed by atoms with Crippen LogP contribution < -0.4 is 10.2 Å². The molecule has 2 heterocycles. The van der Waals surface area contributed by atoms with E-state index in [9.17, 15) is 13.6 Å². The van der Waals surface area contributed by atoms with Gasteiger partial charge in [0.1, 0.15) is 0 Å². The normalized spacial score (nSPS) is 17.9. The van der Waals surface area contributed by atoms with E-state index in [1.807, 2.05) is 0 Å².